The molecule has 2 aromatic rings. The van der Waals surface area contributed by atoms with Crippen molar-refractivity contribution in [3.05, 3.63) is 65.7 Å². The van der Waals surface area contributed by atoms with Crippen LogP contribution in [-0.2, 0) is 21.2 Å². The van der Waals surface area contributed by atoms with Gasteiger partial charge >= 0.3 is 6.09 Å². The topological polar surface area (TPSA) is 113 Å². The SMILES string of the molecule is CC(C)CN(C[C@@H](O)[C@H](Cc1ccccc1)NC(=O)OC(C)(C)C)S(=O)(=O)c1ccc(C=O)cc1. The van der Waals surface area contributed by atoms with E-state index in [1.165, 1.54) is 28.6 Å². The van der Waals surface area contributed by atoms with Crippen molar-refractivity contribution in [3.8, 4) is 0 Å². The number of ether oxygens (including phenoxy) is 1. The number of hydrogen-bond donors (Lipinski definition) is 2. The monoisotopic (exact) mass is 504 g/mol. The van der Waals surface area contributed by atoms with Gasteiger partial charge in [-0.05, 0) is 50.8 Å². The van der Waals surface area contributed by atoms with Crippen LogP contribution in [-0.4, -0.2) is 61.0 Å². The van der Waals surface area contributed by atoms with Gasteiger partial charge in [-0.2, -0.15) is 4.31 Å². The molecule has 1 amide bonds. The Bertz CT molecular complexity index is 1060. The zero-order valence-electron chi connectivity index (χ0n) is 21.0. The first-order valence-electron chi connectivity index (χ1n) is 11.6. The predicted molar refractivity (Wildman–Crippen MR) is 135 cm³/mol. The van der Waals surface area contributed by atoms with Crippen LogP contribution in [0, 0.1) is 5.92 Å². The maximum absolute atomic E-state index is 13.4. The molecule has 35 heavy (non-hydrogen) atoms. The van der Waals surface area contributed by atoms with Crippen molar-refractivity contribution in [2.75, 3.05) is 13.1 Å². The Labute approximate surface area is 208 Å². The summed E-state index contributed by atoms with van der Waals surface area (Å²) in [6.45, 7) is 8.91. The van der Waals surface area contributed by atoms with Crippen LogP contribution >= 0.6 is 0 Å². The Kier molecular flexibility index (Phi) is 10.00. The molecule has 0 spiro atoms. The lowest BCUT2D eigenvalue weighted by molar-refractivity contribution is 0.0400. The summed E-state index contributed by atoms with van der Waals surface area (Å²) in [6, 6.07) is 14.1. The molecule has 2 aromatic carbocycles. The molecule has 0 saturated heterocycles. The lowest BCUT2D eigenvalue weighted by Gasteiger charge is -2.31. The van der Waals surface area contributed by atoms with Crippen LogP contribution in [0.3, 0.4) is 0 Å². The van der Waals surface area contributed by atoms with Crippen LogP contribution in [0.4, 0.5) is 4.79 Å². The normalized spacial score (nSPS) is 13.9. The summed E-state index contributed by atoms with van der Waals surface area (Å²) in [5.41, 5.74) is 0.506. The molecule has 192 valence electrons. The Morgan fingerprint density at radius 3 is 2.17 bits per heavy atom. The number of carbonyl (C=O) groups is 2. The van der Waals surface area contributed by atoms with E-state index in [0.717, 1.165) is 5.56 Å². The largest absolute Gasteiger partial charge is 0.444 e. The molecule has 0 radical (unpaired) electrons. The summed E-state index contributed by atoms with van der Waals surface area (Å²) in [5, 5.41) is 13.9. The van der Waals surface area contributed by atoms with Gasteiger partial charge in [0.25, 0.3) is 0 Å². The highest BCUT2D eigenvalue weighted by molar-refractivity contribution is 7.89. The van der Waals surface area contributed by atoms with Gasteiger partial charge in [0.15, 0.2) is 0 Å². The van der Waals surface area contributed by atoms with E-state index in [1.54, 1.807) is 20.8 Å². The first kappa shape index (κ1) is 28.5. The van der Waals surface area contributed by atoms with Gasteiger partial charge < -0.3 is 15.2 Å². The lowest BCUT2D eigenvalue weighted by atomic mass is 10.0. The molecule has 0 aromatic heterocycles. The minimum Gasteiger partial charge on any atom is -0.444 e. The summed E-state index contributed by atoms with van der Waals surface area (Å²) >= 11 is 0. The number of nitrogens with zero attached hydrogens (tertiary/aromatic N) is 1. The Morgan fingerprint density at radius 2 is 1.66 bits per heavy atom. The molecular weight excluding hydrogens is 468 g/mol. The number of hydrogen-bond acceptors (Lipinski definition) is 6. The zero-order chi connectivity index (χ0) is 26.2. The van der Waals surface area contributed by atoms with E-state index in [2.05, 4.69) is 5.32 Å². The first-order chi connectivity index (χ1) is 16.3. The summed E-state index contributed by atoms with van der Waals surface area (Å²) in [6.07, 6.45) is -0.987. The molecule has 0 fully saturated rings. The third kappa shape index (κ3) is 9.08. The van der Waals surface area contributed by atoms with Gasteiger partial charge in [0.05, 0.1) is 17.0 Å². The molecule has 0 aliphatic heterocycles. The fraction of sp³-hybridized carbons (Fsp3) is 0.462. The number of amides is 1. The number of rotatable bonds is 11. The van der Waals surface area contributed by atoms with Crippen LogP contribution in [0.15, 0.2) is 59.5 Å². The number of sulfonamides is 1. The third-order valence-electron chi connectivity index (χ3n) is 5.08. The van der Waals surface area contributed by atoms with Crippen LogP contribution in [0.2, 0.25) is 0 Å². The Morgan fingerprint density at radius 1 is 1.06 bits per heavy atom. The number of aliphatic hydroxyl groups is 1. The molecule has 9 heteroatoms. The number of aldehydes is 1. The molecule has 0 heterocycles. The molecule has 0 aliphatic rings. The summed E-state index contributed by atoms with van der Waals surface area (Å²) in [7, 11) is -3.97. The van der Waals surface area contributed by atoms with Gasteiger partial charge in [-0.15, -0.1) is 0 Å². The van der Waals surface area contributed by atoms with Gasteiger partial charge in [0.2, 0.25) is 10.0 Å². The lowest BCUT2D eigenvalue weighted by Crippen LogP contribution is -2.51. The second-order valence-electron chi connectivity index (χ2n) is 9.91. The summed E-state index contributed by atoms with van der Waals surface area (Å²) < 4.78 is 33.4. The third-order valence-corrected chi connectivity index (χ3v) is 6.92. The number of carbonyl (C=O) groups excluding carboxylic acids is 2. The Balaban J connectivity index is 2.32. The van der Waals surface area contributed by atoms with Crippen molar-refractivity contribution >= 4 is 22.4 Å². The molecule has 2 atom stereocenters. The fourth-order valence-electron chi connectivity index (χ4n) is 3.49. The summed E-state index contributed by atoms with van der Waals surface area (Å²) in [4.78, 5) is 23.5. The highest BCUT2D eigenvalue weighted by atomic mass is 32.2. The van der Waals surface area contributed by atoms with E-state index in [0.29, 0.717) is 11.8 Å². The van der Waals surface area contributed by atoms with Crippen molar-refractivity contribution in [2.24, 2.45) is 5.92 Å². The quantitative estimate of drug-likeness (QED) is 0.452. The average Bonchev–Trinajstić information content (AvgIpc) is 2.77. The van der Waals surface area contributed by atoms with Crippen molar-refractivity contribution in [2.45, 2.75) is 63.7 Å². The molecule has 8 nitrogen and oxygen atoms in total. The molecule has 0 aliphatic carbocycles. The first-order valence-corrected chi connectivity index (χ1v) is 13.0. The van der Waals surface area contributed by atoms with Crippen LogP contribution in [0.1, 0.15) is 50.5 Å². The van der Waals surface area contributed by atoms with Gasteiger partial charge in [-0.3, -0.25) is 4.79 Å². The van der Waals surface area contributed by atoms with E-state index >= 15 is 0 Å². The summed E-state index contributed by atoms with van der Waals surface area (Å²) in [5.74, 6) is -0.0161. The minimum absolute atomic E-state index is 0.0161. The molecule has 0 unspecified atom stereocenters. The van der Waals surface area contributed by atoms with E-state index in [1.807, 2.05) is 44.2 Å². The van der Waals surface area contributed by atoms with Crippen LogP contribution in [0.25, 0.3) is 0 Å². The number of aliphatic hydroxyl groups excluding tert-OH is 1. The van der Waals surface area contributed by atoms with Crippen molar-refractivity contribution in [1.82, 2.24) is 9.62 Å². The fourth-order valence-corrected chi connectivity index (χ4v) is 5.11. The van der Waals surface area contributed by atoms with Gasteiger partial charge in [-0.25, -0.2) is 13.2 Å². The maximum atomic E-state index is 13.4. The minimum atomic E-state index is -3.97. The molecular formula is C26H36N2O6S. The van der Waals surface area contributed by atoms with E-state index in [4.69, 9.17) is 4.74 Å². The molecule has 2 N–H and O–H groups in total. The molecule has 2 rings (SSSR count). The van der Waals surface area contributed by atoms with Gasteiger partial charge in [0, 0.05) is 18.7 Å². The number of alkyl carbamates (subject to hydrolysis) is 1. The van der Waals surface area contributed by atoms with Crippen LogP contribution in [0.5, 0.6) is 0 Å². The highest BCUT2D eigenvalue weighted by Crippen LogP contribution is 2.20. The van der Waals surface area contributed by atoms with Gasteiger partial charge in [-0.1, -0.05) is 56.3 Å². The highest BCUT2D eigenvalue weighted by Gasteiger charge is 2.32. The van der Waals surface area contributed by atoms with Gasteiger partial charge in [0.1, 0.15) is 11.9 Å². The smallest absolute Gasteiger partial charge is 0.407 e. The second-order valence-corrected chi connectivity index (χ2v) is 11.9. The zero-order valence-corrected chi connectivity index (χ0v) is 21.8. The van der Waals surface area contributed by atoms with Crippen LogP contribution < -0.4 is 5.32 Å². The molecule has 0 saturated carbocycles. The van der Waals surface area contributed by atoms with E-state index < -0.39 is 33.9 Å². The van der Waals surface area contributed by atoms with Crippen molar-refractivity contribution in [1.29, 1.82) is 0 Å². The second kappa shape index (κ2) is 12.3. The maximum Gasteiger partial charge on any atom is 0.407 e. The van der Waals surface area contributed by atoms with Crippen molar-refractivity contribution < 1.29 is 27.9 Å². The predicted octanol–water partition coefficient (Wildman–Crippen LogP) is 3.64. The standard InChI is InChI=1S/C26H36N2O6S/c1-19(2)16-28(35(32,33)22-13-11-21(18-29)12-14-22)17-24(30)23(15-20-9-7-6-8-10-20)27-25(31)34-26(3,4)5/h6-14,18-19,23-24,30H,15-17H2,1-5H3,(H,27,31)/t23-,24+/m0/s1. The average molecular weight is 505 g/mol. The van der Waals surface area contributed by atoms with E-state index in [9.17, 15) is 23.1 Å². The number of benzene rings is 2. The van der Waals surface area contributed by atoms with Crippen molar-refractivity contribution in [3.63, 3.8) is 0 Å². The molecule has 0 bridgehead atoms. The number of nitrogens with one attached hydrogen (secondary N) is 1. The van der Waals surface area contributed by atoms with E-state index in [-0.39, 0.29) is 30.3 Å². The Hall–Kier alpha value is -2.75.